The Labute approximate surface area is 108 Å². The molecule has 1 aromatic rings. The smallest absolute Gasteiger partial charge is 0.343 e. The van der Waals surface area contributed by atoms with Crippen molar-refractivity contribution in [3.05, 3.63) is 34.6 Å². The number of hydrogen-bond donors (Lipinski definition) is 1. The number of nitrogens with one attached hydrogen (secondary N) is 1. The number of benzene rings is 1. The highest BCUT2D eigenvalue weighted by atomic mass is 35.5. The first-order chi connectivity index (χ1) is 8.58. The van der Waals surface area contributed by atoms with Gasteiger partial charge in [0.05, 0.1) is 5.02 Å². The van der Waals surface area contributed by atoms with Gasteiger partial charge in [-0.3, -0.25) is 4.79 Å². The molecule has 1 fully saturated rings. The minimum Gasteiger partial charge on any atom is -0.452 e. The van der Waals surface area contributed by atoms with E-state index < -0.39 is 24.3 Å². The van der Waals surface area contributed by atoms with Crippen LogP contribution in [-0.4, -0.2) is 24.5 Å². The Kier molecular flexibility index (Phi) is 3.81. The van der Waals surface area contributed by atoms with Crippen molar-refractivity contribution in [1.82, 2.24) is 5.32 Å². The van der Waals surface area contributed by atoms with Gasteiger partial charge in [-0.05, 0) is 25.0 Å². The van der Waals surface area contributed by atoms with Crippen LogP contribution >= 0.6 is 11.6 Å². The third-order valence-corrected chi connectivity index (χ3v) is 2.76. The number of carbonyl (C=O) groups excluding carboxylic acids is 2. The molecule has 1 N–H and O–H groups in total. The number of hydrogen-bond acceptors (Lipinski definition) is 3. The van der Waals surface area contributed by atoms with Gasteiger partial charge >= 0.3 is 5.97 Å². The van der Waals surface area contributed by atoms with E-state index in [0.29, 0.717) is 0 Å². The Morgan fingerprint density at radius 2 is 2.17 bits per heavy atom. The van der Waals surface area contributed by atoms with Crippen molar-refractivity contribution in [2.24, 2.45) is 0 Å². The number of amides is 1. The van der Waals surface area contributed by atoms with Crippen LogP contribution in [0.4, 0.5) is 4.39 Å². The van der Waals surface area contributed by atoms with Crippen LogP contribution in [0.2, 0.25) is 5.02 Å². The largest absolute Gasteiger partial charge is 0.452 e. The predicted octanol–water partition coefficient (Wildman–Crippen LogP) is 1.91. The first-order valence-corrected chi connectivity index (χ1v) is 5.86. The molecular weight excluding hydrogens is 261 g/mol. The molecular formula is C12H11ClFNO3. The summed E-state index contributed by atoms with van der Waals surface area (Å²) in [5.74, 6) is -2.10. The SMILES string of the molecule is O=C(COC(=O)c1c(F)cccc1Cl)NC1CC1. The van der Waals surface area contributed by atoms with Gasteiger partial charge in [0.15, 0.2) is 6.61 Å². The van der Waals surface area contributed by atoms with Gasteiger partial charge in [0.25, 0.3) is 5.91 Å². The van der Waals surface area contributed by atoms with Gasteiger partial charge < -0.3 is 10.1 Å². The molecule has 2 rings (SSSR count). The zero-order valence-electron chi connectivity index (χ0n) is 9.41. The van der Waals surface area contributed by atoms with E-state index in [1.165, 1.54) is 12.1 Å². The van der Waals surface area contributed by atoms with Crippen LogP contribution in [0.25, 0.3) is 0 Å². The molecule has 0 atom stereocenters. The minimum absolute atomic E-state index is 0.0393. The number of esters is 1. The molecule has 1 amide bonds. The van der Waals surface area contributed by atoms with Crippen molar-refractivity contribution in [1.29, 1.82) is 0 Å². The second kappa shape index (κ2) is 5.35. The lowest BCUT2D eigenvalue weighted by Gasteiger charge is -2.07. The Morgan fingerprint density at radius 3 is 2.78 bits per heavy atom. The highest BCUT2D eigenvalue weighted by Crippen LogP contribution is 2.20. The quantitative estimate of drug-likeness (QED) is 0.851. The Hall–Kier alpha value is -1.62. The summed E-state index contributed by atoms with van der Waals surface area (Å²) in [5.41, 5.74) is -0.349. The molecule has 6 heteroatoms. The molecule has 4 nitrogen and oxygen atoms in total. The summed E-state index contributed by atoms with van der Waals surface area (Å²) in [5, 5.41) is 2.61. The van der Waals surface area contributed by atoms with E-state index in [0.717, 1.165) is 18.9 Å². The molecule has 0 unspecified atom stereocenters. The maximum absolute atomic E-state index is 13.4. The molecule has 0 radical (unpaired) electrons. The number of rotatable bonds is 4. The molecule has 0 saturated heterocycles. The highest BCUT2D eigenvalue weighted by Gasteiger charge is 2.24. The van der Waals surface area contributed by atoms with E-state index in [-0.39, 0.29) is 16.6 Å². The number of carbonyl (C=O) groups is 2. The predicted molar refractivity (Wildman–Crippen MR) is 62.9 cm³/mol. The average molecular weight is 272 g/mol. The summed E-state index contributed by atoms with van der Waals surface area (Å²) in [7, 11) is 0. The highest BCUT2D eigenvalue weighted by molar-refractivity contribution is 6.33. The fraction of sp³-hybridized carbons (Fsp3) is 0.333. The molecule has 1 aliphatic carbocycles. The van der Waals surface area contributed by atoms with Gasteiger partial charge in [-0.1, -0.05) is 17.7 Å². The van der Waals surface area contributed by atoms with E-state index in [1.54, 1.807) is 0 Å². The molecule has 96 valence electrons. The monoisotopic (exact) mass is 271 g/mol. The zero-order chi connectivity index (χ0) is 13.1. The summed E-state index contributed by atoms with van der Waals surface area (Å²) >= 11 is 5.69. The normalized spacial score (nSPS) is 14.1. The third kappa shape index (κ3) is 3.20. The lowest BCUT2D eigenvalue weighted by molar-refractivity contribution is -0.124. The lowest BCUT2D eigenvalue weighted by Crippen LogP contribution is -2.30. The van der Waals surface area contributed by atoms with Crippen molar-refractivity contribution in [3.8, 4) is 0 Å². The van der Waals surface area contributed by atoms with Crippen LogP contribution in [0, 0.1) is 5.82 Å². The first kappa shape index (κ1) is 12.8. The van der Waals surface area contributed by atoms with Crippen LogP contribution in [0.15, 0.2) is 18.2 Å². The second-order valence-corrected chi connectivity index (χ2v) is 4.42. The second-order valence-electron chi connectivity index (χ2n) is 4.01. The summed E-state index contributed by atoms with van der Waals surface area (Å²) in [4.78, 5) is 22.8. The lowest BCUT2D eigenvalue weighted by atomic mass is 10.2. The maximum Gasteiger partial charge on any atom is 0.343 e. The number of ether oxygens (including phenoxy) is 1. The summed E-state index contributed by atoms with van der Waals surface area (Å²) in [6.45, 7) is -0.431. The van der Waals surface area contributed by atoms with Gasteiger partial charge in [-0.2, -0.15) is 0 Å². The zero-order valence-corrected chi connectivity index (χ0v) is 10.2. The van der Waals surface area contributed by atoms with Crippen molar-refractivity contribution in [3.63, 3.8) is 0 Å². The van der Waals surface area contributed by atoms with Gasteiger partial charge in [-0.15, -0.1) is 0 Å². The summed E-state index contributed by atoms with van der Waals surface area (Å²) in [6.07, 6.45) is 1.89. The van der Waals surface area contributed by atoms with Crippen molar-refractivity contribution >= 4 is 23.5 Å². The van der Waals surface area contributed by atoms with E-state index in [1.807, 2.05) is 0 Å². The Bertz CT molecular complexity index is 468. The van der Waals surface area contributed by atoms with Crippen LogP contribution in [0.1, 0.15) is 23.2 Å². The van der Waals surface area contributed by atoms with E-state index >= 15 is 0 Å². The topological polar surface area (TPSA) is 55.4 Å². The standard InChI is InChI=1S/C12H11ClFNO3/c13-8-2-1-3-9(14)11(8)12(17)18-6-10(16)15-7-4-5-7/h1-3,7H,4-6H2,(H,15,16). The molecule has 1 aromatic carbocycles. The molecule has 1 aliphatic rings. The summed E-state index contributed by atoms with van der Waals surface area (Å²) < 4.78 is 18.1. The van der Waals surface area contributed by atoms with Crippen LogP contribution in [0.5, 0.6) is 0 Å². The van der Waals surface area contributed by atoms with Crippen molar-refractivity contribution in [2.75, 3.05) is 6.61 Å². The first-order valence-electron chi connectivity index (χ1n) is 5.48. The van der Waals surface area contributed by atoms with Gasteiger partial charge in [-0.25, -0.2) is 9.18 Å². The molecule has 0 bridgehead atoms. The summed E-state index contributed by atoms with van der Waals surface area (Å²) in [6, 6.07) is 4.06. The Morgan fingerprint density at radius 1 is 1.44 bits per heavy atom. The minimum atomic E-state index is -0.941. The van der Waals surface area contributed by atoms with Gasteiger partial charge in [0.2, 0.25) is 0 Å². The number of halogens is 2. The van der Waals surface area contributed by atoms with E-state index in [4.69, 9.17) is 16.3 Å². The maximum atomic E-state index is 13.4. The van der Waals surface area contributed by atoms with Crippen molar-refractivity contribution < 1.29 is 18.7 Å². The Balaban J connectivity index is 1.92. The third-order valence-electron chi connectivity index (χ3n) is 2.44. The molecule has 1 saturated carbocycles. The fourth-order valence-electron chi connectivity index (χ4n) is 1.39. The molecule has 0 aliphatic heterocycles. The van der Waals surface area contributed by atoms with Crippen LogP contribution in [0.3, 0.4) is 0 Å². The molecule has 0 spiro atoms. The molecule has 0 heterocycles. The van der Waals surface area contributed by atoms with Crippen LogP contribution < -0.4 is 5.32 Å². The molecule has 0 aromatic heterocycles. The van der Waals surface area contributed by atoms with E-state index in [9.17, 15) is 14.0 Å². The molecule has 18 heavy (non-hydrogen) atoms. The van der Waals surface area contributed by atoms with Gasteiger partial charge in [0.1, 0.15) is 11.4 Å². The van der Waals surface area contributed by atoms with E-state index in [2.05, 4.69) is 5.32 Å². The average Bonchev–Trinajstić information content (AvgIpc) is 3.10. The fourth-order valence-corrected chi connectivity index (χ4v) is 1.63. The van der Waals surface area contributed by atoms with Gasteiger partial charge in [0, 0.05) is 6.04 Å². The van der Waals surface area contributed by atoms with Crippen LogP contribution in [-0.2, 0) is 9.53 Å². The van der Waals surface area contributed by atoms with Crippen molar-refractivity contribution in [2.45, 2.75) is 18.9 Å².